The van der Waals surface area contributed by atoms with Gasteiger partial charge in [-0.25, -0.2) is 4.98 Å². The third-order valence-electron chi connectivity index (χ3n) is 2.42. The third-order valence-corrected chi connectivity index (χ3v) is 3.21. The van der Waals surface area contributed by atoms with Gasteiger partial charge in [0.15, 0.2) is 5.82 Å². The van der Waals surface area contributed by atoms with Crippen LogP contribution in [-0.4, -0.2) is 25.2 Å². The van der Waals surface area contributed by atoms with Crippen molar-refractivity contribution < 1.29 is 0 Å². The molecule has 0 spiro atoms. The Kier molecular flexibility index (Phi) is 3.27. The lowest BCUT2D eigenvalue weighted by atomic mass is 10.2. The minimum Gasteiger partial charge on any atom is -0.233 e. The number of halogens is 2. The zero-order valence-electron chi connectivity index (χ0n) is 9.53. The molecule has 0 aliphatic carbocycles. The van der Waals surface area contributed by atoms with Crippen LogP contribution >= 0.6 is 27.5 Å². The molecule has 2 heterocycles. The number of rotatable bonds is 2. The molecule has 0 saturated heterocycles. The minimum atomic E-state index is 0.541. The highest BCUT2D eigenvalue weighted by atomic mass is 79.9. The van der Waals surface area contributed by atoms with E-state index in [1.807, 2.05) is 30.3 Å². The van der Waals surface area contributed by atoms with Crippen molar-refractivity contribution in [2.45, 2.75) is 0 Å². The zero-order valence-corrected chi connectivity index (χ0v) is 11.9. The van der Waals surface area contributed by atoms with E-state index in [4.69, 9.17) is 11.6 Å². The number of hydrogen-bond acceptors (Lipinski definition) is 4. The molecule has 1 aromatic carbocycles. The summed E-state index contributed by atoms with van der Waals surface area (Å²) >= 11 is 9.22. The molecule has 3 rings (SSSR count). The Morgan fingerprint density at radius 2 is 1.95 bits per heavy atom. The van der Waals surface area contributed by atoms with Crippen LogP contribution in [-0.2, 0) is 0 Å². The molecular formula is C12H7BrClN5. The molecule has 0 radical (unpaired) electrons. The second-order valence-corrected chi connectivity index (χ2v) is 5.02. The molecule has 7 heteroatoms. The van der Waals surface area contributed by atoms with Crippen molar-refractivity contribution in [1.82, 2.24) is 25.2 Å². The summed E-state index contributed by atoms with van der Waals surface area (Å²) < 4.78 is 0.706. The summed E-state index contributed by atoms with van der Waals surface area (Å²) in [6, 6.07) is 11.4. The van der Waals surface area contributed by atoms with E-state index in [9.17, 15) is 0 Å². The van der Waals surface area contributed by atoms with Crippen molar-refractivity contribution in [2.75, 3.05) is 0 Å². The second-order valence-electron chi connectivity index (χ2n) is 3.73. The summed E-state index contributed by atoms with van der Waals surface area (Å²) in [6.45, 7) is 0. The van der Waals surface area contributed by atoms with Gasteiger partial charge >= 0.3 is 0 Å². The lowest BCUT2D eigenvalue weighted by Gasteiger charge is -2.00. The predicted octanol–water partition coefficient (Wildman–Crippen LogP) is 3.14. The standard InChI is InChI=1S/C12H7BrClN5/c13-10-6-9(14)7-15-12(10)19-17-11(16-18-19)8-4-2-1-3-5-8/h1-7H. The fourth-order valence-corrected chi connectivity index (χ4v) is 2.36. The Morgan fingerprint density at radius 1 is 1.16 bits per heavy atom. The average molecular weight is 337 g/mol. The zero-order chi connectivity index (χ0) is 13.2. The average Bonchev–Trinajstić information content (AvgIpc) is 2.89. The van der Waals surface area contributed by atoms with Gasteiger partial charge in [0.2, 0.25) is 5.82 Å². The van der Waals surface area contributed by atoms with Crippen molar-refractivity contribution in [2.24, 2.45) is 0 Å². The molecular weight excluding hydrogens is 330 g/mol. The third kappa shape index (κ3) is 2.50. The summed E-state index contributed by atoms with van der Waals surface area (Å²) in [5, 5.41) is 12.8. The Hall–Kier alpha value is -1.79. The van der Waals surface area contributed by atoms with Crippen molar-refractivity contribution in [1.29, 1.82) is 0 Å². The molecule has 0 N–H and O–H groups in total. The highest BCUT2D eigenvalue weighted by Crippen LogP contribution is 2.22. The number of tetrazole rings is 1. The Balaban J connectivity index is 2.02. The topological polar surface area (TPSA) is 56.5 Å². The van der Waals surface area contributed by atoms with Gasteiger partial charge in [-0.2, -0.15) is 0 Å². The van der Waals surface area contributed by atoms with E-state index in [0.717, 1.165) is 5.56 Å². The Bertz CT molecular complexity index is 713. The number of nitrogens with zero attached hydrogens (tertiary/aromatic N) is 5. The Morgan fingerprint density at radius 3 is 2.68 bits per heavy atom. The largest absolute Gasteiger partial charge is 0.233 e. The Labute approximate surface area is 122 Å². The molecule has 19 heavy (non-hydrogen) atoms. The molecule has 0 atom stereocenters. The van der Waals surface area contributed by atoms with Crippen LogP contribution in [0.1, 0.15) is 0 Å². The predicted molar refractivity (Wildman–Crippen MR) is 75.1 cm³/mol. The van der Waals surface area contributed by atoms with Crippen molar-refractivity contribution >= 4 is 27.5 Å². The van der Waals surface area contributed by atoms with Gasteiger partial charge in [0.05, 0.1) is 9.50 Å². The van der Waals surface area contributed by atoms with Gasteiger partial charge in [0.25, 0.3) is 0 Å². The van der Waals surface area contributed by atoms with E-state index in [-0.39, 0.29) is 0 Å². The maximum Gasteiger partial charge on any atom is 0.205 e. The van der Waals surface area contributed by atoms with Gasteiger partial charge in [0.1, 0.15) is 0 Å². The van der Waals surface area contributed by atoms with E-state index in [1.54, 1.807) is 6.07 Å². The second kappa shape index (κ2) is 5.07. The van der Waals surface area contributed by atoms with Crippen LogP contribution in [0, 0.1) is 0 Å². The molecule has 94 valence electrons. The minimum absolute atomic E-state index is 0.541. The maximum atomic E-state index is 5.85. The van der Waals surface area contributed by atoms with Gasteiger partial charge in [-0.3, -0.25) is 0 Å². The van der Waals surface area contributed by atoms with E-state index in [1.165, 1.54) is 11.0 Å². The van der Waals surface area contributed by atoms with Crippen molar-refractivity contribution in [3.63, 3.8) is 0 Å². The molecule has 0 amide bonds. The quantitative estimate of drug-likeness (QED) is 0.721. The van der Waals surface area contributed by atoms with Crippen molar-refractivity contribution in [3.05, 3.63) is 52.1 Å². The number of pyridine rings is 1. The summed E-state index contributed by atoms with van der Waals surface area (Å²) in [5.41, 5.74) is 0.902. The van der Waals surface area contributed by atoms with E-state index >= 15 is 0 Å². The van der Waals surface area contributed by atoms with Crippen LogP contribution in [0.2, 0.25) is 5.02 Å². The molecule has 2 aromatic heterocycles. The molecule has 5 nitrogen and oxygen atoms in total. The molecule has 0 aliphatic heterocycles. The first kappa shape index (κ1) is 12.3. The van der Waals surface area contributed by atoms with Crippen LogP contribution in [0.3, 0.4) is 0 Å². The summed E-state index contributed by atoms with van der Waals surface area (Å²) in [7, 11) is 0. The van der Waals surface area contributed by atoms with E-state index < -0.39 is 0 Å². The van der Waals surface area contributed by atoms with Crippen LogP contribution in [0.4, 0.5) is 0 Å². The molecule has 0 saturated carbocycles. The summed E-state index contributed by atoms with van der Waals surface area (Å²) in [4.78, 5) is 5.54. The molecule has 3 aromatic rings. The SMILES string of the molecule is Clc1cnc(-n2nnc(-c3ccccc3)n2)c(Br)c1. The summed E-state index contributed by atoms with van der Waals surface area (Å²) in [5.74, 6) is 1.09. The van der Waals surface area contributed by atoms with Crippen LogP contribution in [0.5, 0.6) is 0 Å². The number of benzene rings is 1. The first-order valence-electron chi connectivity index (χ1n) is 5.41. The van der Waals surface area contributed by atoms with Gasteiger partial charge in [-0.1, -0.05) is 41.9 Å². The fourth-order valence-electron chi connectivity index (χ4n) is 1.56. The van der Waals surface area contributed by atoms with Crippen LogP contribution in [0.25, 0.3) is 17.2 Å². The van der Waals surface area contributed by atoms with Gasteiger partial charge < -0.3 is 0 Å². The first-order chi connectivity index (χ1) is 9.24. The summed E-state index contributed by atoms with van der Waals surface area (Å²) in [6.07, 6.45) is 1.53. The molecule has 0 bridgehead atoms. The van der Waals surface area contributed by atoms with Gasteiger partial charge in [-0.05, 0) is 27.2 Å². The number of hydrogen-bond donors (Lipinski definition) is 0. The van der Waals surface area contributed by atoms with Crippen LogP contribution < -0.4 is 0 Å². The molecule has 0 aliphatic rings. The normalized spacial score (nSPS) is 10.6. The smallest absolute Gasteiger partial charge is 0.205 e. The highest BCUT2D eigenvalue weighted by molar-refractivity contribution is 9.10. The van der Waals surface area contributed by atoms with Gasteiger partial charge in [-0.15, -0.1) is 15.0 Å². The lowest BCUT2D eigenvalue weighted by Crippen LogP contribution is -2.02. The van der Waals surface area contributed by atoms with Crippen molar-refractivity contribution in [3.8, 4) is 17.2 Å². The maximum absolute atomic E-state index is 5.85. The highest BCUT2D eigenvalue weighted by Gasteiger charge is 2.10. The first-order valence-corrected chi connectivity index (χ1v) is 6.58. The van der Waals surface area contributed by atoms with Gasteiger partial charge in [0, 0.05) is 11.8 Å². The molecule has 0 unspecified atom stereocenters. The lowest BCUT2D eigenvalue weighted by molar-refractivity contribution is 0.697. The fraction of sp³-hybridized carbons (Fsp3) is 0. The molecule has 0 fully saturated rings. The monoisotopic (exact) mass is 335 g/mol. The number of aromatic nitrogens is 5. The van der Waals surface area contributed by atoms with Crippen LogP contribution in [0.15, 0.2) is 47.1 Å². The van der Waals surface area contributed by atoms with E-state index in [0.29, 0.717) is 21.1 Å². The van der Waals surface area contributed by atoms with E-state index in [2.05, 4.69) is 36.3 Å².